The highest BCUT2D eigenvalue weighted by molar-refractivity contribution is 5.89. The Kier molecular flexibility index (Phi) is 5.07. The summed E-state index contributed by atoms with van der Waals surface area (Å²) in [5.74, 6) is -0.00152. The molecule has 134 valence electrons. The van der Waals surface area contributed by atoms with E-state index in [0.29, 0.717) is 12.4 Å². The summed E-state index contributed by atoms with van der Waals surface area (Å²) < 4.78 is 3.12. The molecule has 0 spiro atoms. The van der Waals surface area contributed by atoms with Gasteiger partial charge < -0.3 is 15.4 Å². The van der Waals surface area contributed by atoms with Crippen molar-refractivity contribution >= 4 is 17.5 Å². The van der Waals surface area contributed by atoms with Crippen molar-refractivity contribution in [2.75, 3.05) is 5.32 Å². The second-order valence-electron chi connectivity index (χ2n) is 5.88. The standard InChI is InChI=1S/C17H18N6O3/c1-13-3-2-4-14(11-13)12-22-8-5-15(19-22)18-17(24)7-10-21-9-6-16(20-21)23(25)26/h2-6,8-9,11H,7,10,12H2,1H3,(H,18,19,24). The Balaban J connectivity index is 1.51. The summed E-state index contributed by atoms with van der Waals surface area (Å²) >= 11 is 0. The van der Waals surface area contributed by atoms with Crippen LogP contribution in [0.3, 0.4) is 0 Å². The normalized spacial score (nSPS) is 10.7. The molecule has 0 radical (unpaired) electrons. The van der Waals surface area contributed by atoms with Crippen molar-refractivity contribution in [1.29, 1.82) is 0 Å². The van der Waals surface area contributed by atoms with E-state index in [1.807, 2.05) is 25.1 Å². The average molecular weight is 354 g/mol. The van der Waals surface area contributed by atoms with Crippen LogP contribution in [0.4, 0.5) is 11.6 Å². The molecule has 3 aromatic rings. The summed E-state index contributed by atoms with van der Waals surface area (Å²) in [6.07, 6.45) is 3.42. The maximum absolute atomic E-state index is 12.0. The topological polar surface area (TPSA) is 108 Å². The van der Waals surface area contributed by atoms with E-state index in [-0.39, 0.29) is 24.7 Å². The van der Waals surface area contributed by atoms with Crippen LogP contribution in [0.1, 0.15) is 17.5 Å². The molecule has 0 saturated carbocycles. The van der Waals surface area contributed by atoms with Crippen LogP contribution in [0, 0.1) is 17.0 Å². The molecule has 0 aliphatic rings. The van der Waals surface area contributed by atoms with Gasteiger partial charge in [0.25, 0.3) is 0 Å². The fourth-order valence-electron chi connectivity index (χ4n) is 2.51. The quantitative estimate of drug-likeness (QED) is 0.518. The van der Waals surface area contributed by atoms with E-state index in [9.17, 15) is 14.9 Å². The number of aryl methyl sites for hydroxylation is 2. The maximum atomic E-state index is 12.0. The fraction of sp³-hybridized carbons (Fsp3) is 0.235. The largest absolute Gasteiger partial charge is 0.389 e. The Morgan fingerprint density at radius 3 is 2.73 bits per heavy atom. The van der Waals surface area contributed by atoms with Gasteiger partial charge in [0.05, 0.1) is 30.5 Å². The van der Waals surface area contributed by atoms with Gasteiger partial charge in [-0.3, -0.25) is 9.48 Å². The number of hydrogen-bond donors (Lipinski definition) is 1. The Bertz CT molecular complexity index is 930. The van der Waals surface area contributed by atoms with Gasteiger partial charge in [-0.1, -0.05) is 29.8 Å². The lowest BCUT2D eigenvalue weighted by molar-refractivity contribution is -0.389. The number of carbonyl (C=O) groups excluding carboxylic acids is 1. The molecule has 2 aromatic heterocycles. The first kappa shape index (κ1) is 17.3. The third kappa shape index (κ3) is 4.53. The Morgan fingerprint density at radius 2 is 2.00 bits per heavy atom. The third-order valence-electron chi connectivity index (χ3n) is 3.72. The predicted octanol–water partition coefficient (Wildman–Crippen LogP) is 2.37. The van der Waals surface area contributed by atoms with Gasteiger partial charge >= 0.3 is 5.82 Å². The molecule has 9 nitrogen and oxygen atoms in total. The minimum atomic E-state index is -0.572. The van der Waals surface area contributed by atoms with Gasteiger partial charge in [0.1, 0.15) is 0 Å². The van der Waals surface area contributed by atoms with E-state index in [4.69, 9.17) is 0 Å². The smallest absolute Gasteiger partial charge is 0.358 e. The van der Waals surface area contributed by atoms with Crippen molar-refractivity contribution in [3.05, 3.63) is 70.0 Å². The van der Waals surface area contributed by atoms with Crippen LogP contribution in [0.25, 0.3) is 0 Å². The van der Waals surface area contributed by atoms with Crippen LogP contribution in [0.5, 0.6) is 0 Å². The van der Waals surface area contributed by atoms with Crippen molar-refractivity contribution in [2.24, 2.45) is 0 Å². The number of amides is 1. The van der Waals surface area contributed by atoms with Crippen LogP contribution >= 0.6 is 0 Å². The average Bonchev–Trinajstić information content (AvgIpc) is 3.23. The summed E-state index contributed by atoms with van der Waals surface area (Å²) in [5, 5.41) is 21.4. The molecular formula is C17H18N6O3. The second kappa shape index (κ2) is 7.60. The van der Waals surface area contributed by atoms with Crippen molar-refractivity contribution in [3.63, 3.8) is 0 Å². The van der Waals surface area contributed by atoms with E-state index >= 15 is 0 Å². The number of aromatic nitrogens is 4. The first-order valence-electron chi connectivity index (χ1n) is 8.06. The lowest BCUT2D eigenvalue weighted by atomic mass is 10.1. The van der Waals surface area contributed by atoms with E-state index < -0.39 is 4.92 Å². The summed E-state index contributed by atoms with van der Waals surface area (Å²) in [4.78, 5) is 22.0. The number of carbonyl (C=O) groups is 1. The number of nitro groups is 1. The number of nitrogens with zero attached hydrogens (tertiary/aromatic N) is 5. The lowest BCUT2D eigenvalue weighted by Gasteiger charge is -2.03. The number of rotatable bonds is 7. The van der Waals surface area contributed by atoms with Crippen molar-refractivity contribution in [2.45, 2.75) is 26.4 Å². The van der Waals surface area contributed by atoms with Gasteiger partial charge in [0.2, 0.25) is 5.91 Å². The minimum Gasteiger partial charge on any atom is -0.358 e. The van der Waals surface area contributed by atoms with Gasteiger partial charge in [-0.15, -0.1) is 0 Å². The zero-order valence-electron chi connectivity index (χ0n) is 14.2. The fourth-order valence-corrected chi connectivity index (χ4v) is 2.51. The van der Waals surface area contributed by atoms with E-state index in [2.05, 4.69) is 21.6 Å². The maximum Gasteiger partial charge on any atom is 0.389 e. The van der Waals surface area contributed by atoms with Gasteiger partial charge in [-0.2, -0.15) is 9.78 Å². The number of benzene rings is 1. The van der Waals surface area contributed by atoms with Crippen LogP contribution in [0.2, 0.25) is 0 Å². The molecule has 26 heavy (non-hydrogen) atoms. The van der Waals surface area contributed by atoms with E-state index in [1.165, 1.54) is 22.5 Å². The Labute approximate surface area is 149 Å². The molecule has 9 heteroatoms. The highest BCUT2D eigenvalue weighted by atomic mass is 16.6. The first-order valence-corrected chi connectivity index (χ1v) is 8.06. The van der Waals surface area contributed by atoms with Crippen LogP contribution < -0.4 is 5.32 Å². The molecule has 0 atom stereocenters. The van der Waals surface area contributed by atoms with Gasteiger partial charge in [-0.25, -0.2) is 0 Å². The molecule has 1 N–H and O–H groups in total. The van der Waals surface area contributed by atoms with Gasteiger partial charge in [0, 0.05) is 18.7 Å². The molecule has 0 saturated heterocycles. The van der Waals surface area contributed by atoms with Crippen molar-refractivity contribution < 1.29 is 9.72 Å². The predicted molar refractivity (Wildman–Crippen MR) is 94.6 cm³/mol. The van der Waals surface area contributed by atoms with Crippen LogP contribution in [-0.4, -0.2) is 30.4 Å². The van der Waals surface area contributed by atoms with Gasteiger partial charge in [-0.05, 0) is 17.4 Å². The van der Waals surface area contributed by atoms with Crippen LogP contribution in [-0.2, 0) is 17.9 Å². The Morgan fingerprint density at radius 1 is 1.19 bits per heavy atom. The molecule has 0 unspecified atom stereocenters. The molecule has 0 bridgehead atoms. The zero-order chi connectivity index (χ0) is 18.5. The molecule has 0 aliphatic heterocycles. The minimum absolute atomic E-state index is 0.142. The third-order valence-corrected chi connectivity index (χ3v) is 3.72. The van der Waals surface area contributed by atoms with Crippen molar-refractivity contribution in [3.8, 4) is 0 Å². The molecule has 0 fully saturated rings. The van der Waals surface area contributed by atoms with E-state index in [1.54, 1.807) is 16.9 Å². The summed E-state index contributed by atoms with van der Waals surface area (Å²) in [5.41, 5.74) is 2.31. The monoisotopic (exact) mass is 354 g/mol. The SMILES string of the molecule is Cc1cccc(Cn2ccc(NC(=O)CCn3ccc([N+](=O)[O-])n3)n2)c1. The number of hydrogen-bond acceptors (Lipinski definition) is 5. The summed E-state index contributed by atoms with van der Waals surface area (Å²) in [6.45, 7) is 2.91. The number of anilines is 1. The first-order chi connectivity index (χ1) is 12.5. The highest BCUT2D eigenvalue weighted by Crippen LogP contribution is 2.09. The number of nitrogens with one attached hydrogen (secondary N) is 1. The van der Waals surface area contributed by atoms with E-state index in [0.717, 1.165) is 5.56 Å². The molecule has 1 aromatic carbocycles. The lowest BCUT2D eigenvalue weighted by Crippen LogP contribution is -2.15. The van der Waals surface area contributed by atoms with Gasteiger partial charge in [0.15, 0.2) is 5.82 Å². The van der Waals surface area contributed by atoms with Crippen molar-refractivity contribution in [1.82, 2.24) is 19.6 Å². The molecular weight excluding hydrogens is 336 g/mol. The molecule has 0 aliphatic carbocycles. The highest BCUT2D eigenvalue weighted by Gasteiger charge is 2.12. The molecule has 3 rings (SSSR count). The second-order valence-corrected chi connectivity index (χ2v) is 5.88. The Hall–Kier alpha value is -3.49. The summed E-state index contributed by atoms with van der Waals surface area (Å²) in [7, 11) is 0. The molecule has 2 heterocycles. The molecule has 1 amide bonds. The van der Waals surface area contributed by atoms with Crippen LogP contribution in [0.15, 0.2) is 48.8 Å². The zero-order valence-corrected chi connectivity index (χ0v) is 14.2. The summed E-state index contributed by atoms with van der Waals surface area (Å²) in [6, 6.07) is 11.2.